The molecule has 1 radical (unpaired) electrons. The van der Waals surface area contributed by atoms with Gasteiger partial charge in [0.1, 0.15) is 0 Å². The van der Waals surface area contributed by atoms with Gasteiger partial charge in [0.2, 0.25) is 0 Å². The monoisotopic (exact) mass is 178 g/mol. The molecule has 6 nitrogen and oxygen atoms in total. The highest BCUT2D eigenvalue weighted by molar-refractivity contribution is 6.04. The Bertz CT molecular complexity index is 402. The van der Waals surface area contributed by atoms with Crippen LogP contribution in [0.5, 0.6) is 0 Å². The van der Waals surface area contributed by atoms with Crippen LogP contribution < -0.4 is 10.9 Å². The van der Waals surface area contributed by atoms with Gasteiger partial charge in [-0.15, -0.1) is 5.43 Å². The third-order valence-electron chi connectivity index (χ3n) is 1.72. The molecule has 2 rings (SSSR count). The van der Waals surface area contributed by atoms with Gasteiger partial charge >= 0.3 is 0 Å². The number of fused-ring (bicyclic) bond motifs is 1. The Balaban J connectivity index is 2.51. The first-order valence-corrected chi connectivity index (χ1v) is 3.48. The zero-order valence-corrected chi connectivity index (χ0v) is 6.35. The Morgan fingerprint density at radius 2 is 2.23 bits per heavy atom. The Morgan fingerprint density at radius 1 is 1.46 bits per heavy atom. The molecule has 0 spiro atoms. The summed E-state index contributed by atoms with van der Waals surface area (Å²) in [6.45, 7) is 0. The Kier molecular flexibility index (Phi) is 1.42. The van der Waals surface area contributed by atoms with Crippen LogP contribution in [0.1, 0.15) is 10.4 Å². The highest BCUT2D eigenvalue weighted by Crippen LogP contribution is 2.25. The van der Waals surface area contributed by atoms with E-state index in [0.717, 1.165) is 0 Å². The predicted octanol–water partition coefficient (Wildman–Crippen LogP) is 0.680. The fourth-order valence-corrected chi connectivity index (χ4v) is 1.10. The van der Waals surface area contributed by atoms with Crippen LogP contribution in [0.25, 0.3) is 0 Å². The summed E-state index contributed by atoms with van der Waals surface area (Å²) in [4.78, 5) is 20.8. The average molecular weight is 178 g/mol. The molecule has 65 valence electrons. The van der Waals surface area contributed by atoms with Gasteiger partial charge in [-0.2, -0.15) is 0 Å². The maximum Gasteiger partial charge on any atom is 0.295 e. The van der Waals surface area contributed by atoms with Gasteiger partial charge in [0.25, 0.3) is 11.6 Å². The number of benzene rings is 1. The quantitative estimate of drug-likeness (QED) is 0.506. The SMILES string of the molecule is O=C1[N]Nc2cc([N+](=O)[O-])ccc21. The van der Waals surface area contributed by atoms with Gasteiger partial charge in [0, 0.05) is 12.1 Å². The minimum atomic E-state index is -0.523. The molecule has 1 aliphatic rings. The molecule has 0 fully saturated rings. The van der Waals surface area contributed by atoms with Gasteiger partial charge in [-0.05, 0) is 6.07 Å². The van der Waals surface area contributed by atoms with E-state index in [4.69, 9.17) is 0 Å². The number of carbonyl (C=O) groups excluding carboxylic acids is 1. The summed E-state index contributed by atoms with van der Waals surface area (Å²) < 4.78 is 0. The van der Waals surface area contributed by atoms with E-state index in [2.05, 4.69) is 10.9 Å². The van der Waals surface area contributed by atoms with Crippen molar-refractivity contribution >= 4 is 17.3 Å². The van der Waals surface area contributed by atoms with Crippen molar-refractivity contribution in [3.63, 3.8) is 0 Å². The number of hydrogen-bond acceptors (Lipinski definition) is 4. The van der Waals surface area contributed by atoms with Gasteiger partial charge in [0.15, 0.2) is 0 Å². The summed E-state index contributed by atoms with van der Waals surface area (Å²) in [6.07, 6.45) is 0. The van der Waals surface area contributed by atoms with E-state index in [1.807, 2.05) is 0 Å². The molecule has 1 heterocycles. The number of amides is 1. The van der Waals surface area contributed by atoms with E-state index < -0.39 is 10.8 Å². The molecule has 1 N–H and O–H groups in total. The molecular formula is C7H4N3O3. The summed E-state index contributed by atoms with van der Waals surface area (Å²) in [5.41, 5.74) is 6.50. The summed E-state index contributed by atoms with van der Waals surface area (Å²) in [5, 5.41) is 10.3. The largest absolute Gasteiger partial charge is 0.295 e. The molecule has 13 heavy (non-hydrogen) atoms. The second-order valence-electron chi connectivity index (χ2n) is 2.52. The van der Waals surface area contributed by atoms with Gasteiger partial charge in [-0.25, -0.2) is 0 Å². The standard InChI is InChI=1S/C7H4N3O3/c11-7-5-2-1-4(10(12)13)3-6(5)8-9-7/h1-3,8H. The lowest BCUT2D eigenvalue weighted by atomic mass is 10.2. The van der Waals surface area contributed by atoms with Crippen LogP contribution >= 0.6 is 0 Å². The van der Waals surface area contributed by atoms with Crippen LogP contribution in [-0.4, -0.2) is 10.8 Å². The fraction of sp³-hybridized carbons (Fsp3) is 0. The fourth-order valence-electron chi connectivity index (χ4n) is 1.10. The van der Waals surface area contributed by atoms with Crippen molar-refractivity contribution in [3.8, 4) is 0 Å². The normalized spacial score (nSPS) is 13.1. The Labute approximate surface area is 72.7 Å². The van der Waals surface area contributed by atoms with Crippen molar-refractivity contribution in [2.24, 2.45) is 0 Å². The van der Waals surface area contributed by atoms with Gasteiger partial charge in [-0.3, -0.25) is 20.3 Å². The van der Waals surface area contributed by atoms with Crippen LogP contribution in [0.2, 0.25) is 0 Å². The summed E-state index contributed by atoms with van der Waals surface area (Å²) in [5.74, 6) is -0.398. The molecule has 1 aromatic carbocycles. The molecule has 1 aromatic rings. The molecule has 1 amide bonds. The van der Waals surface area contributed by atoms with Crippen molar-refractivity contribution in [2.45, 2.75) is 0 Å². The van der Waals surface area contributed by atoms with Crippen molar-refractivity contribution in [1.82, 2.24) is 5.43 Å². The van der Waals surface area contributed by atoms with Crippen molar-refractivity contribution in [3.05, 3.63) is 33.9 Å². The molecule has 0 aliphatic carbocycles. The Hall–Kier alpha value is -2.11. The number of nitrogens with zero attached hydrogens (tertiary/aromatic N) is 2. The molecule has 0 bridgehead atoms. The van der Waals surface area contributed by atoms with Gasteiger partial charge in [0.05, 0.1) is 16.2 Å². The van der Waals surface area contributed by atoms with Crippen LogP contribution in [0.15, 0.2) is 18.2 Å². The second-order valence-corrected chi connectivity index (χ2v) is 2.52. The third kappa shape index (κ3) is 1.08. The molecule has 6 heteroatoms. The molecule has 0 unspecified atom stereocenters. The summed E-state index contributed by atoms with van der Waals surface area (Å²) in [7, 11) is 0. The van der Waals surface area contributed by atoms with Crippen LogP contribution in [0, 0.1) is 10.1 Å². The zero-order chi connectivity index (χ0) is 9.42. The molecule has 0 atom stereocenters. The minimum Gasteiger partial charge on any atom is -0.274 e. The summed E-state index contributed by atoms with van der Waals surface area (Å²) in [6, 6.07) is 3.95. The zero-order valence-electron chi connectivity index (χ0n) is 6.35. The number of nitrogens with one attached hydrogen (secondary N) is 1. The van der Waals surface area contributed by atoms with E-state index in [1.165, 1.54) is 18.2 Å². The van der Waals surface area contributed by atoms with E-state index in [9.17, 15) is 14.9 Å². The number of anilines is 1. The third-order valence-corrected chi connectivity index (χ3v) is 1.72. The van der Waals surface area contributed by atoms with Gasteiger partial charge in [-0.1, -0.05) is 0 Å². The number of non-ortho nitro benzene ring substituents is 1. The number of hydrogen-bond donors (Lipinski definition) is 1. The Morgan fingerprint density at radius 3 is 2.92 bits per heavy atom. The number of carbonyl (C=O) groups is 1. The number of rotatable bonds is 1. The summed E-state index contributed by atoms with van der Waals surface area (Å²) >= 11 is 0. The molecule has 1 aliphatic heterocycles. The van der Waals surface area contributed by atoms with E-state index in [0.29, 0.717) is 11.3 Å². The lowest BCUT2D eigenvalue weighted by molar-refractivity contribution is -0.384. The lowest BCUT2D eigenvalue weighted by Crippen LogP contribution is -2.10. The smallest absolute Gasteiger partial charge is 0.274 e. The van der Waals surface area contributed by atoms with E-state index >= 15 is 0 Å². The molecular weight excluding hydrogens is 174 g/mol. The van der Waals surface area contributed by atoms with E-state index in [1.54, 1.807) is 0 Å². The van der Waals surface area contributed by atoms with E-state index in [-0.39, 0.29) is 5.69 Å². The maximum absolute atomic E-state index is 10.9. The van der Waals surface area contributed by atoms with Crippen LogP contribution in [0.4, 0.5) is 11.4 Å². The highest BCUT2D eigenvalue weighted by atomic mass is 16.6. The number of nitro groups is 1. The first-order chi connectivity index (χ1) is 6.18. The molecule has 0 saturated carbocycles. The highest BCUT2D eigenvalue weighted by Gasteiger charge is 2.22. The number of nitro benzene ring substituents is 1. The minimum absolute atomic E-state index is 0.0591. The van der Waals surface area contributed by atoms with Crippen molar-refractivity contribution in [1.29, 1.82) is 0 Å². The molecule has 0 saturated heterocycles. The van der Waals surface area contributed by atoms with Crippen LogP contribution in [0.3, 0.4) is 0 Å². The first kappa shape index (κ1) is 7.53. The lowest BCUT2D eigenvalue weighted by Gasteiger charge is -1.94. The predicted molar refractivity (Wildman–Crippen MR) is 43.2 cm³/mol. The topological polar surface area (TPSA) is 86.3 Å². The van der Waals surface area contributed by atoms with Gasteiger partial charge < -0.3 is 0 Å². The second kappa shape index (κ2) is 2.44. The maximum atomic E-state index is 10.9. The average Bonchev–Trinajstić information content (AvgIpc) is 2.47. The van der Waals surface area contributed by atoms with Crippen LogP contribution in [-0.2, 0) is 0 Å². The van der Waals surface area contributed by atoms with Crippen molar-refractivity contribution < 1.29 is 9.72 Å². The molecule has 0 aromatic heterocycles. The van der Waals surface area contributed by atoms with Crippen molar-refractivity contribution in [2.75, 3.05) is 5.43 Å². The first-order valence-electron chi connectivity index (χ1n) is 3.48.